The highest BCUT2D eigenvalue weighted by molar-refractivity contribution is 6.35. The van der Waals surface area contributed by atoms with Crippen LogP contribution in [0.15, 0.2) is 48.7 Å². The van der Waals surface area contributed by atoms with Gasteiger partial charge in [-0.15, -0.1) is 0 Å². The van der Waals surface area contributed by atoms with E-state index in [0.717, 1.165) is 29.2 Å². The molecule has 1 aromatic carbocycles. The molecule has 11 nitrogen and oxygen atoms in total. The fourth-order valence-electron chi connectivity index (χ4n) is 6.60. The second kappa shape index (κ2) is 16.0. The zero-order chi connectivity index (χ0) is 37.0. The lowest BCUT2D eigenvalue weighted by molar-refractivity contribution is -0.139. The van der Waals surface area contributed by atoms with Crippen LogP contribution in [-0.2, 0) is 30.5 Å². The first-order valence-corrected chi connectivity index (χ1v) is 17.4. The van der Waals surface area contributed by atoms with Crippen molar-refractivity contribution in [3.63, 3.8) is 0 Å². The van der Waals surface area contributed by atoms with Crippen molar-refractivity contribution in [3.8, 4) is 40.2 Å². The van der Waals surface area contributed by atoms with Crippen molar-refractivity contribution < 1.29 is 37.3 Å². The number of ether oxygens (including phenoxy) is 3. The van der Waals surface area contributed by atoms with Gasteiger partial charge >= 0.3 is 6.18 Å². The van der Waals surface area contributed by atoms with Gasteiger partial charge in [0.2, 0.25) is 23.5 Å². The fraction of sp³-hybridized carbons (Fsp3) is 0.405. The van der Waals surface area contributed by atoms with Crippen molar-refractivity contribution in [1.29, 1.82) is 0 Å². The number of carbonyl (C=O) groups is 1. The summed E-state index contributed by atoms with van der Waals surface area (Å²) in [5, 5.41) is 19.1. The van der Waals surface area contributed by atoms with Crippen molar-refractivity contribution in [3.05, 3.63) is 81.5 Å². The summed E-state index contributed by atoms with van der Waals surface area (Å²) in [5.74, 6) is -0.0810. The number of pyridine rings is 3. The third-order valence-electron chi connectivity index (χ3n) is 9.09. The third kappa shape index (κ3) is 8.25. The Labute approximate surface area is 304 Å². The van der Waals surface area contributed by atoms with E-state index >= 15 is 0 Å². The van der Waals surface area contributed by atoms with E-state index in [0.29, 0.717) is 65.8 Å². The average molecular weight is 741 g/mol. The van der Waals surface area contributed by atoms with Gasteiger partial charge in [-0.25, -0.2) is 4.98 Å². The number of benzene rings is 1. The molecule has 276 valence electrons. The van der Waals surface area contributed by atoms with E-state index in [1.165, 1.54) is 7.11 Å². The van der Waals surface area contributed by atoms with Gasteiger partial charge in [0.15, 0.2) is 0 Å². The molecular formula is C37H40ClF3N6O5. The summed E-state index contributed by atoms with van der Waals surface area (Å²) in [4.78, 5) is 25.0. The first-order chi connectivity index (χ1) is 25.0. The standard InChI is InChI=1S/C37H40ClF3N6O5/c1-20(48)16-42-18-22-15-28(37(39,40)41)36(47-35(22)51-3)52-30-11-9-24-25(30)5-4-6-26(24)33-32(38)27(13-14-44-33)29-10-7-21(34(46-29)50-2)17-43-19-23-8-12-31(49)45-23/h4-7,10,13-15,20,23,30,42-43,48H,8-9,11-12,16-19H2,1-3H3,(H,45,49)/t20-,23-,30+/m0/s1. The fourth-order valence-corrected chi connectivity index (χ4v) is 6.91. The molecule has 0 bridgehead atoms. The first kappa shape index (κ1) is 37.3. The number of aromatic nitrogens is 3. The Balaban J connectivity index is 1.25. The van der Waals surface area contributed by atoms with Gasteiger partial charge in [-0.1, -0.05) is 35.9 Å². The summed E-state index contributed by atoms with van der Waals surface area (Å²) < 4.78 is 59.9. The Bertz CT molecular complexity index is 1930. The van der Waals surface area contributed by atoms with E-state index in [4.69, 9.17) is 30.8 Å². The number of aliphatic hydroxyl groups is 1. The van der Waals surface area contributed by atoms with Crippen molar-refractivity contribution in [1.82, 2.24) is 30.9 Å². The number of nitrogens with one attached hydrogen (secondary N) is 3. The number of hydrogen-bond donors (Lipinski definition) is 4. The Hall–Kier alpha value is -4.50. The molecule has 3 atom stereocenters. The Morgan fingerprint density at radius 3 is 2.46 bits per heavy atom. The van der Waals surface area contributed by atoms with Crippen LogP contribution in [-0.4, -0.2) is 65.4 Å². The molecule has 0 unspecified atom stereocenters. The smallest absolute Gasteiger partial charge is 0.421 e. The minimum Gasteiger partial charge on any atom is -0.481 e. The van der Waals surface area contributed by atoms with Gasteiger partial charge in [-0.3, -0.25) is 9.78 Å². The highest BCUT2D eigenvalue weighted by atomic mass is 35.5. The van der Waals surface area contributed by atoms with E-state index < -0.39 is 29.8 Å². The van der Waals surface area contributed by atoms with E-state index in [-0.39, 0.29) is 36.5 Å². The lowest BCUT2D eigenvalue weighted by atomic mass is 9.98. The molecule has 1 fully saturated rings. The monoisotopic (exact) mass is 740 g/mol. The molecule has 1 aliphatic carbocycles. The number of rotatable bonds is 14. The van der Waals surface area contributed by atoms with E-state index in [9.17, 15) is 23.1 Å². The van der Waals surface area contributed by atoms with Gasteiger partial charge in [0, 0.05) is 67.1 Å². The topological polar surface area (TPSA) is 140 Å². The highest BCUT2D eigenvalue weighted by Crippen LogP contribution is 2.45. The summed E-state index contributed by atoms with van der Waals surface area (Å²) in [6.07, 6.45) is -2.24. The molecule has 1 saturated heterocycles. The average Bonchev–Trinajstić information content (AvgIpc) is 3.73. The van der Waals surface area contributed by atoms with Crippen molar-refractivity contribution in [2.24, 2.45) is 0 Å². The first-order valence-electron chi connectivity index (χ1n) is 17.0. The van der Waals surface area contributed by atoms with Crippen molar-refractivity contribution in [2.75, 3.05) is 27.3 Å². The van der Waals surface area contributed by atoms with Crippen molar-refractivity contribution >= 4 is 17.5 Å². The van der Waals surface area contributed by atoms with Gasteiger partial charge in [0.1, 0.15) is 11.7 Å². The molecular weight excluding hydrogens is 701 g/mol. The number of carbonyl (C=O) groups excluding carboxylic acids is 1. The summed E-state index contributed by atoms with van der Waals surface area (Å²) in [7, 11) is 2.88. The quantitative estimate of drug-likeness (QED) is 0.126. The number of hydrogen-bond acceptors (Lipinski definition) is 10. The van der Waals surface area contributed by atoms with Crippen LogP contribution < -0.4 is 30.2 Å². The molecule has 1 amide bonds. The lowest BCUT2D eigenvalue weighted by Gasteiger charge is -2.21. The van der Waals surface area contributed by atoms with E-state index in [1.54, 1.807) is 32.4 Å². The summed E-state index contributed by atoms with van der Waals surface area (Å²) in [6.45, 7) is 2.90. The van der Waals surface area contributed by atoms with Crippen LogP contribution in [0.4, 0.5) is 13.2 Å². The normalized spacial score (nSPS) is 17.5. The molecule has 0 spiro atoms. The Morgan fingerprint density at radius 2 is 1.75 bits per heavy atom. The van der Waals surface area contributed by atoms with Crippen LogP contribution in [0.2, 0.25) is 5.02 Å². The number of alkyl halides is 3. The van der Waals surface area contributed by atoms with Crippen LogP contribution >= 0.6 is 11.6 Å². The summed E-state index contributed by atoms with van der Waals surface area (Å²) in [5.41, 5.74) is 4.05. The van der Waals surface area contributed by atoms with Gasteiger partial charge in [0.25, 0.3) is 0 Å². The lowest BCUT2D eigenvalue weighted by Crippen LogP contribution is -2.35. The summed E-state index contributed by atoms with van der Waals surface area (Å²) in [6, 6.07) is 12.1. The van der Waals surface area contributed by atoms with Gasteiger partial charge < -0.3 is 35.3 Å². The summed E-state index contributed by atoms with van der Waals surface area (Å²) >= 11 is 7.03. The number of amides is 1. The maximum atomic E-state index is 14.3. The molecule has 1 aliphatic heterocycles. The van der Waals surface area contributed by atoms with Crippen LogP contribution in [0, 0.1) is 0 Å². The largest absolute Gasteiger partial charge is 0.481 e. The number of nitrogens with zero attached hydrogens (tertiary/aromatic N) is 3. The molecule has 6 rings (SSSR count). The van der Waals surface area contributed by atoms with Crippen molar-refractivity contribution in [2.45, 2.75) is 70.1 Å². The van der Waals surface area contributed by atoms with Crippen LogP contribution in [0.5, 0.6) is 17.6 Å². The molecule has 2 aliphatic rings. The molecule has 4 N–H and O–H groups in total. The SMILES string of the molecule is COc1nc(-c2ccnc(-c3cccc4c3CC[C@H]4Oc3nc(OC)c(CNC[C@H](C)O)cc3C(F)(F)F)c2Cl)ccc1CNC[C@@H]1CCC(=O)N1. The minimum atomic E-state index is -4.74. The van der Waals surface area contributed by atoms with Gasteiger partial charge in [-0.05, 0) is 55.5 Å². The number of halogens is 4. The molecule has 0 saturated carbocycles. The second-order valence-corrected chi connectivity index (χ2v) is 13.2. The zero-order valence-electron chi connectivity index (χ0n) is 28.9. The third-order valence-corrected chi connectivity index (χ3v) is 9.48. The van der Waals surface area contributed by atoms with E-state index in [1.807, 2.05) is 24.3 Å². The molecule has 4 heterocycles. The molecule has 52 heavy (non-hydrogen) atoms. The van der Waals surface area contributed by atoms with Gasteiger partial charge in [-0.2, -0.15) is 18.2 Å². The van der Waals surface area contributed by atoms with Gasteiger partial charge in [0.05, 0.1) is 36.7 Å². The van der Waals surface area contributed by atoms with Crippen LogP contribution in [0.25, 0.3) is 22.5 Å². The number of methoxy groups -OCH3 is 2. The Morgan fingerprint density at radius 1 is 0.981 bits per heavy atom. The van der Waals surface area contributed by atoms with E-state index in [2.05, 4.69) is 25.9 Å². The molecule has 3 aromatic heterocycles. The van der Waals surface area contributed by atoms with Crippen LogP contribution in [0.3, 0.4) is 0 Å². The zero-order valence-corrected chi connectivity index (χ0v) is 29.7. The number of aliphatic hydroxyl groups excluding tert-OH is 1. The molecule has 15 heteroatoms. The predicted octanol–water partition coefficient (Wildman–Crippen LogP) is 5.80. The molecule has 0 radical (unpaired) electrons. The highest BCUT2D eigenvalue weighted by Gasteiger charge is 2.39. The maximum absolute atomic E-state index is 14.3. The number of fused-ring (bicyclic) bond motifs is 1. The maximum Gasteiger partial charge on any atom is 0.421 e. The minimum absolute atomic E-state index is 0.00513. The molecule has 4 aromatic rings. The van der Waals surface area contributed by atoms with Crippen LogP contribution in [0.1, 0.15) is 60.1 Å². The Kier molecular flexibility index (Phi) is 11.5. The second-order valence-electron chi connectivity index (χ2n) is 12.8. The predicted molar refractivity (Wildman–Crippen MR) is 188 cm³/mol.